The number of benzene rings is 2. The third-order valence-corrected chi connectivity index (χ3v) is 4.11. The highest BCUT2D eigenvalue weighted by Crippen LogP contribution is 2.31. The summed E-state index contributed by atoms with van der Waals surface area (Å²) in [6.45, 7) is 0. The average molecular weight is 285 g/mol. The van der Waals surface area contributed by atoms with Gasteiger partial charge >= 0.3 is 0 Å². The zero-order valence-electron chi connectivity index (χ0n) is 11.1. The second-order valence-corrected chi connectivity index (χ2v) is 5.41. The summed E-state index contributed by atoms with van der Waals surface area (Å²) in [4.78, 5) is 8.87. The number of aromatic nitrogens is 2. The number of methoxy groups -OCH3 is 1. The monoisotopic (exact) mass is 285 g/mol. The van der Waals surface area contributed by atoms with Crippen molar-refractivity contribution in [2.45, 2.75) is 10.6 Å². The van der Waals surface area contributed by atoms with E-state index in [1.165, 1.54) is 0 Å². The number of para-hydroxylation sites is 2. The summed E-state index contributed by atoms with van der Waals surface area (Å²) in [6.07, 6.45) is 0. The third-order valence-electron chi connectivity index (χ3n) is 3.02. The van der Waals surface area contributed by atoms with Crippen molar-refractivity contribution in [2.24, 2.45) is 0 Å². The molecule has 0 atom stereocenters. The molecule has 0 saturated carbocycles. The fourth-order valence-electron chi connectivity index (χ4n) is 1.99. The van der Waals surface area contributed by atoms with Crippen LogP contribution in [-0.4, -0.2) is 17.1 Å². The Morgan fingerprint density at radius 2 is 2.10 bits per heavy atom. The topological polar surface area (TPSA) is 63.9 Å². The zero-order chi connectivity index (χ0) is 13.9. The third kappa shape index (κ3) is 2.58. The number of nitrogens with one attached hydrogen (secondary N) is 1. The molecule has 0 radical (unpaired) electrons. The second-order valence-electron chi connectivity index (χ2n) is 4.39. The maximum absolute atomic E-state index is 5.98. The van der Waals surface area contributed by atoms with Crippen molar-refractivity contribution < 1.29 is 4.74 Å². The summed E-state index contributed by atoms with van der Waals surface area (Å²) in [5.74, 6) is 2.50. The maximum Gasteiger partial charge on any atom is 0.120 e. The summed E-state index contributed by atoms with van der Waals surface area (Å²) in [5.41, 5.74) is 8.78. The SMILES string of the molecule is COc1ccc(N)c(SCc2nc3ccccc3[nH]2)c1. The van der Waals surface area contributed by atoms with E-state index in [1.54, 1.807) is 18.9 Å². The van der Waals surface area contributed by atoms with Gasteiger partial charge < -0.3 is 15.5 Å². The van der Waals surface area contributed by atoms with Crippen LogP contribution in [0.25, 0.3) is 11.0 Å². The normalized spacial score (nSPS) is 10.8. The van der Waals surface area contributed by atoms with Gasteiger partial charge in [0.05, 0.1) is 23.9 Å². The minimum absolute atomic E-state index is 0.742. The number of thioether (sulfide) groups is 1. The number of nitrogen functional groups attached to an aromatic ring is 1. The Kier molecular flexibility index (Phi) is 3.52. The van der Waals surface area contributed by atoms with Crippen molar-refractivity contribution in [1.82, 2.24) is 9.97 Å². The number of rotatable bonds is 4. The number of fused-ring (bicyclic) bond motifs is 1. The minimum Gasteiger partial charge on any atom is -0.497 e. The lowest BCUT2D eigenvalue weighted by Gasteiger charge is -2.06. The van der Waals surface area contributed by atoms with Crippen LogP contribution in [0.3, 0.4) is 0 Å². The maximum atomic E-state index is 5.98. The number of nitrogens with two attached hydrogens (primary N) is 1. The first-order valence-electron chi connectivity index (χ1n) is 6.26. The fourth-order valence-corrected chi connectivity index (χ4v) is 2.85. The first-order valence-corrected chi connectivity index (χ1v) is 7.25. The first-order chi connectivity index (χ1) is 9.76. The molecule has 102 valence electrons. The Morgan fingerprint density at radius 1 is 1.25 bits per heavy atom. The van der Waals surface area contributed by atoms with Gasteiger partial charge in [-0.3, -0.25) is 0 Å². The van der Waals surface area contributed by atoms with Crippen LogP contribution in [0.2, 0.25) is 0 Å². The largest absolute Gasteiger partial charge is 0.497 e. The number of H-pyrrole nitrogens is 1. The summed E-state index contributed by atoms with van der Waals surface area (Å²) >= 11 is 1.65. The van der Waals surface area contributed by atoms with E-state index < -0.39 is 0 Å². The van der Waals surface area contributed by atoms with Crippen LogP contribution in [0.15, 0.2) is 47.4 Å². The molecule has 2 aromatic carbocycles. The van der Waals surface area contributed by atoms with Crippen LogP contribution in [0, 0.1) is 0 Å². The van der Waals surface area contributed by atoms with Gasteiger partial charge in [-0.15, -0.1) is 11.8 Å². The summed E-state index contributed by atoms with van der Waals surface area (Å²) < 4.78 is 5.22. The average Bonchev–Trinajstić information content (AvgIpc) is 2.89. The molecule has 0 aliphatic rings. The molecule has 3 rings (SSSR count). The van der Waals surface area contributed by atoms with Crippen molar-refractivity contribution >= 4 is 28.5 Å². The van der Waals surface area contributed by atoms with Crippen molar-refractivity contribution in [3.63, 3.8) is 0 Å². The van der Waals surface area contributed by atoms with Crippen molar-refractivity contribution in [3.05, 3.63) is 48.3 Å². The molecule has 0 amide bonds. The molecule has 20 heavy (non-hydrogen) atoms. The Bertz CT molecular complexity index is 706. The molecule has 0 aliphatic carbocycles. The van der Waals surface area contributed by atoms with Crippen molar-refractivity contribution in [2.75, 3.05) is 12.8 Å². The van der Waals surface area contributed by atoms with Gasteiger partial charge in [-0.2, -0.15) is 0 Å². The number of ether oxygens (including phenoxy) is 1. The Labute approximate surface area is 121 Å². The second kappa shape index (κ2) is 5.46. The highest BCUT2D eigenvalue weighted by Gasteiger charge is 2.06. The molecule has 0 unspecified atom stereocenters. The van der Waals surface area contributed by atoms with Gasteiger partial charge in [0.1, 0.15) is 11.6 Å². The quantitative estimate of drug-likeness (QED) is 0.569. The molecule has 3 N–H and O–H groups in total. The van der Waals surface area contributed by atoms with Crippen molar-refractivity contribution in [3.8, 4) is 5.75 Å². The molecular weight excluding hydrogens is 270 g/mol. The van der Waals surface area contributed by atoms with E-state index in [0.717, 1.165) is 38.9 Å². The minimum atomic E-state index is 0.742. The number of anilines is 1. The van der Waals surface area contributed by atoms with Gasteiger partial charge in [-0.25, -0.2) is 4.98 Å². The van der Waals surface area contributed by atoms with E-state index in [4.69, 9.17) is 10.5 Å². The van der Waals surface area contributed by atoms with E-state index in [9.17, 15) is 0 Å². The Balaban J connectivity index is 1.79. The summed E-state index contributed by atoms with van der Waals surface area (Å²) in [7, 11) is 1.65. The standard InChI is InChI=1S/C15H15N3OS/c1-19-10-6-7-11(16)14(8-10)20-9-15-17-12-4-2-3-5-13(12)18-15/h2-8H,9,16H2,1H3,(H,17,18). The van der Waals surface area contributed by atoms with Gasteiger partial charge in [0.25, 0.3) is 0 Å². The molecule has 1 heterocycles. The summed E-state index contributed by atoms with van der Waals surface area (Å²) in [6, 6.07) is 13.7. The molecule has 0 fully saturated rings. The number of imidazole rings is 1. The van der Waals surface area contributed by atoms with Crippen LogP contribution < -0.4 is 10.5 Å². The molecule has 4 nitrogen and oxygen atoms in total. The van der Waals surface area contributed by atoms with Crippen molar-refractivity contribution in [1.29, 1.82) is 0 Å². The molecule has 1 aromatic heterocycles. The first kappa shape index (κ1) is 12.9. The van der Waals surface area contributed by atoms with Crippen LogP contribution >= 0.6 is 11.8 Å². The van der Waals surface area contributed by atoms with E-state index in [-0.39, 0.29) is 0 Å². The lowest BCUT2D eigenvalue weighted by molar-refractivity contribution is 0.414. The van der Waals surface area contributed by atoms with Crippen LogP contribution in [0.1, 0.15) is 5.82 Å². The van der Waals surface area contributed by atoms with Gasteiger partial charge in [-0.1, -0.05) is 12.1 Å². The van der Waals surface area contributed by atoms with E-state index in [0.29, 0.717) is 0 Å². The predicted molar refractivity (Wildman–Crippen MR) is 83.1 cm³/mol. The van der Waals surface area contributed by atoms with Gasteiger partial charge in [-0.05, 0) is 30.3 Å². The Morgan fingerprint density at radius 3 is 2.90 bits per heavy atom. The number of hydrogen-bond donors (Lipinski definition) is 2. The predicted octanol–water partition coefficient (Wildman–Crippen LogP) is 3.45. The molecular formula is C15H15N3OS. The van der Waals surface area contributed by atoms with Crippen LogP contribution in [-0.2, 0) is 5.75 Å². The van der Waals surface area contributed by atoms with Gasteiger partial charge in [0, 0.05) is 10.6 Å². The molecule has 5 heteroatoms. The van der Waals surface area contributed by atoms with E-state index >= 15 is 0 Å². The van der Waals surface area contributed by atoms with Crippen LogP contribution in [0.5, 0.6) is 5.75 Å². The molecule has 0 bridgehead atoms. The lowest BCUT2D eigenvalue weighted by Crippen LogP contribution is -1.91. The zero-order valence-corrected chi connectivity index (χ0v) is 11.9. The number of hydrogen-bond acceptors (Lipinski definition) is 4. The number of aromatic amines is 1. The fraction of sp³-hybridized carbons (Fsp3) is 0.133. The molecule has 3 aromatic rings. The smallest absolute Gasteiger partial charge is 0.120 e. The van der Waals surface area contributed by atoms with E-state index in [1.807, 2.05) is 42.5 Å². The number of nitrogens with zero attached hydrogens (tertiary/aromatic N) is 1. The molecule has 0 aliphatic heterocycles. The lowest BCUT2D eigenvalue weighted by atomic mass is 10.3. The highest BCUT2D eigenvalue weighted by molar-refractivity contribution is 7.98. The molecule has 0 spiro atoms. The van der Waals surface area contributed by atoms with E-state index in [2.05, 4.69) is 9.97 Å². The Hall–Kier alpha value is -2.14. The van der Waals surface area contributed by atoms with Gasteiger partial charge in [0.2, 0.25) is 0 Å². The van der Waals surface area contributed by atoms with Crippen LogP contribution in [0.4, 0.5) is 5.69 Å². The molecule has 0 saturated heterocycles. The van der Waals surface area contributed by atoms with Gasteiger partial charge in [0.15, 0.2) is 0 Å². The highest BCUT2D eigenvalue weighted by atomic mass is 32.2. The summed E-state index contributed by atoms with van der Waals surface area (Å²) in [5, 5.41) is 0.